The Balaban J connectivity index is 2.48. The van der Waals surface area contributed by atoms with Gasteiger partial charge >= 0.3 is 0 Å². The van der Waals surface area contributed by atoms with Crippen molar-refractivity contribution < 1.29 is 5.11 Å². The van der Waals surface area contributed by atoms with Gasteiger partial charge in [0.15, 0.2) is 0 Å². The Kier molecular flexibility index (Phi) is 5.68. The number of halogens is 1. The lowest BCUT2D eigenvalue weighted by Gasteiger charge is -2.20. The average Bonchev–Trinajstić information content (AvgIpc) is 2.48. The van der Waals surface area contributed by atoms with Crippen molar-refractivity contribution in [3.05, 3.63) is 35.0 Å². The predicted molar refractivity (Wildman–Crippen MR) is 89.0 cm³/mol. The van der Waals surface area contributed by atoms with E-state index in [-0.39, 0.29) is 12.6 Å². The topological polar surface area (TPSA) is 68.9 Å². The van der Waals surface area contributed by atoms with Crippen LogP contribution in [0.1, 0.15) is 12.0 Å². The van der Waals surface area contributed by atoms with Crippen molar-refractivity contribution in [1.82, 2.24) is 4.98 Å². The standard InChI is InChI=1S/C15H16ClN3OS/c1-21-9-12(4-5-20)19-15-10(7-17)8-18-14-3-2-11(16)6-13(14)15/h2-3,6,8,12,20H,4-5,9H2,1H3,(H,18,19)/t12-/m0/s1. The van der Waals surface area contributed by atoms with Crippen LogP contribution in [0.4, 0.5) is 5.69 Å². The van der Waals surface area contributed by atoms with E-state index < -0.39 is 0 Å². The number of aliphatic hydroxyl groups excluding tert-OH is 1. The first-order valence-corrected chi connectivity index (χ1v) is 8.31. The number of pyridine rings is 1. The highest BCUT2D eigenvalue weighted by molar-refractivity contribution is 7.98. The van der Waals surface area contributed by atoms with Gasteiger partial charge in [0.2, 0.25) is 0 Å². The van der Waals surface area contributed by atoms with Crippen molar-refractivity contribution in [3.8, 4) is 6.07 Å². The van der Waals surface area contributed by atoms with E-state index in [1.54, 1.807) is 24.0 Å². The number of fused-ring (bicyclic) bond motifs is 1. The van der Waals surface area contributed by atoms with E-state index in [0.717, 1.165) is 22.3 Å². The monoisotopic (exact) mass is 321 g/mol. The van der Waals surface area contributed by atoms with E-state index in [0.29, 0.717) is 17.0 Å². The van der Waals surface area contributed by atoms with Crippen LogP contribution in [0, 0.1) is 11.3 Å². The Bertz CT molecular complexity index is 666. The van der Waals surface area contributed by atoms with E-state index in [1.165, 1.54) is 0 Å². The molecular formula is C15H16ClN3OS. The highest BCUT2D eigenvalue weighted by atomic mass is 35.5. The Morgan fingerprint density at radius 2 is 2.33 bits per heavy atom. The zero-order valence-corrected chi connectivity index (χ0v) is 13.2. The molecule has 1 aromatic carbocycles. The first kappa shape index (κ1) is 15.9. The number of benzene rings is 1. The third kappa shape index (κ3) is 3.79. The zero-order chi connectivity index (χ0) is 15.2. The molecule has 0 amide bonds. The molecular weight excluding hydrogens is 306 g/mol. The maximum atomic E-state index is 9.30. The Morgan fingerprint density at radius 1 is 1.52 bits per heavy atom. The number of aromatic nitrogens is 1. The van der Waals surface area contributed by atoms with Crippen molar-refractivity contribution in [2.75, 3.05) is 23.9 Å². The lowest BCUT2D eigenvalue weighted by atomic mass is 10.1. The Hall–Kier alpha value is -1.48. The van der Waals surface area contributed by atoms with Crippen LogP contribution in [0.25, 0.3) is 10.9 Å². The molecule has 1 aromatic heterocycles. The van der Waals surface area contributed by atoms with Crippen LogP contribution in [0.3, 0.4) is 0 Å². The van der Waals surface area contributed by atoms with Gasteiger partial charge in [-0.2, -0.15) is 17.0 Å². The van der Waals surface area contributed by atoms with Crippen molar-refractivity contribution in [2.24, 2.45) is 0 Å². The van der Waals surface area contributed by atoms with Gasteiger partial charge in [0.1, 0.15) is 6.07 Å². The van der Waals surface area contributed by atoms with Crippen LogP contribution < -0.4 is 5.32 Å². The van der Waals surface area contributed by atoms with Crippen molar-refractivity contribution in [2.45, 2.75) is 12.5 Å². The molecule has 21 heavy (non-hydrogen) atoms. The molecule has 2 rings (SSSR count). The van der Waals surface area contributed by atoms with Crippen molar-refractivity contribution >= 4 is 40.0 Å². The predicted octanol–water partition coefficient (Wildman–Crippen LogP) is 3.29. The molecule has 0 saturated heterocycles. The molecule has 6 heteroatoms. The molecule has 2 aromatic rings. The second kappa shape index (κ2) is 7.51. The number of nitrogens with one attached hydrogen (secondary N) is 1. The molecule has 0 unspecified atom stereocenters. The molecule has 0 fully saturated rings. The van der Waals surface area contributed by atoms with Crippen LogP contribution in [-0.2, 0) is 0 Å². The normalized spacial score (nSPS) is 12.1. The van der Waals surface area contributed by atoms with Gasteiger partial charge in [-0.1, -0.05) is 11.6 Å². The number of nitriles is 1. The van der Waals surface area contributed by atoms with Gasteiger partial charge < -0.3 is 10.4 Å². The molecule has 0 spiro atoms. The lowest BCUT2D eigenvalue weighted by Crippen LogP contribution is -2.24. The van der Waals surface area contributed by atoms with E-state index in [1.807, 2.05) is 18.4 Å². The van der Waals surface area contributed by atoms with Crippen molar-refractivity contribution in [3.63, 3.8) is 0 Å². The van der Waals surface area contributed by atoms with Crippen LogP contribution in [0.5, 0.6) is 0 Å². The van der Waals surface area contributed by atoms with Crippen LogP contribution >= 0.6 is 23.4 Å². The smallest absolute Gasteiger partial charge is 0.103 e. The third-order valence-electron chi connectivity index (χ3n) is 3.14. The van der Waals surface area contributed by atoms with Gasteiger partial charge in [0.05, 0.1) is 16.8 Å². The Morgan fingerprint density at radius 3 is 3.00 bits per heavy atom. The summed E-state index contributed by atoms with van der Waals surface area (Å²) in [4.78, 5) is 4.28. The quantitative estimate of drug-likeness (QED) is 0.854. The molecule has 1 heterocycles. The van der Waals surface area contributed by atoms with Crippen LogP contribution in [0.2, 0.25) is 5.02 Å². The van der Waals surface area contributed by atoms with Gasteiger partial charge in [0, 0.05) is 35.0 Å². The fourth-order valence-electron chi connectivity index (χ4n) is 2.16. The first-order valence-electron chi connectivity index (χ1n) is 6.54. The van der Waals surface area contributed by atoms with E-state index in [2.05, 4.69) is 16.4 Å². The largest absolute Gasteiger partial charge is 0.396 e. The number of nitrogens with zero attached hydrogens (tertiary/aromatic N) is 2. The van der Waals surface area contributed by atoms with Gasteiger partial charge in [-0.15, -0.1) is 0 Å². The summed E-state index contributed by atoms with van der Waals surface area (Å²) in [5.74, 6) is 0.843. The van der Waals surface area contributed by atoms with E-state index in [4.69, 9.17) is 11.6 Å². The molecule has 110 valence electrons. The lowest BCUT2D eigenvalue weighted by molar-refractivity contribution is 0.282. The summed E-state index contributed by atoms with van der Waals surface area (Å²) in [5, 5.41) is 23.3. The van der Waals surface area contributed by atoms with Gasteiger partial charge in [-0.3, -0.25) is 4.98 Å². The summed E-state index contributed by atoms with van der Waals surface area (Å²) in [7, 11) is 0. The number of anilines is 1. The summed E-state index contributed by atoms with van der Waals surface area (Å²) in [6, 6.07) is 7.66. The van der Waals surface area contributed by atoms with Gasteiger partial charge in [0.25, 0.3) is 0 Å². The second-order valence-corrected chi connectivity index (χ2v) is 5.98. The second-order valence-electron chi connectivity index (χ2n) is 4.63. The number of aliphatic hydroxyl groups is 1. The molecule has 0 aliphatic rings. The van der Waals surface area contributed by atoms with Crippen LogP contribution in [-0.4, -0.2) is 34.7 Å². The molecule has 2 N–H and O–H groups in total. The maximum absolute atomic E-state index is 9.30. The minimum absolute atomic E-state index is 0.0849. The fourth-order valence-corrected chi connectivity index (χ4v) is 2.99. The zero-order valence-electron chi connectivity index (χ0n) is 11.6. The SMILES string of the molecule is CSC[C@H](CCO)Nc1c(C#N)cnc2ccc(Cl)cc12. The summed E-state index contributed by atoms with van der Waals surface area (Å²) in [6.07, 6.45) is 4.20. The molecule has 0 aliphatic heterocycles. The molecule has 0 bridgehead atoms. The molecule has 1 atom stereocenters. The van der Waals surface area contributed by atoms with E-state index in [9.17, 15) is 10.4 Å². The average molecular weight is 322 g/mol. The van der Waals surface area contributed by atoms with Gasteiger partial charge in [-0.05, 0) is 30.9 Å². The highest BCUT2D eigenvalue weighted by Gasteiger charge is 2.14. The summed E-state index contributed by atoms with van der Waals surface area (Å²) in [5.41, 5.74) is 2.00. The molecule has 4 nitrogen and oxygen atoms in total. The minimum atomic E-state index is 0.0849. The van der Waals surface area contributed by atoms with Gasteiger partial charge in [-0.25, -0.2) is 0 Å². The number of hydrogen-bond donors (Lipinski definition) is 2. The molecule has 0 saturated carbocycles. The minimum Gasteiger partial charge on any atom is -0.396 e. The van der Waals surface area contributed by atoms with Crippen LogP contribution in [0.15, 0.2) is 24.4 Å². The van der Waals surface area contributed by atoms with E-state index >= 15 is 0 Å². The summed E-state index contributed by atoms with van der Waals surface area (Å²) in [6.45, 7) is 0.101. The summed E-state index contributed by atoms with van der Waals surface area (Å²) >= 11 is 7.76. The number of rotatable bonds is 6. The third-order valence-corrected chi connectivity index (χ3v) is 4.12. The summed E-state index contributed by atoms with van der Waals surface area (Å²) < 4.78 is 0. The maximum Gasteiger partial charge on any atom is 0.103 e. The van der Waals surface area contributed by atoms with Crippen molar-refractivity contribution in [1.29, 1.82) is 5.26 Å². The molecule has 0 radical (unpaired) electrons. The highest BCUT2D eigenvalue weighted by Crippen LogP contribution is 2.29. The molecule has 0 aliphatic carbocycles. The fraction of sp³-hybridized carbons (Fsp3) is 0.333. The number of hydrogen-bond acceptors (Lipinski definition) is 5. The Labute approximate surface area is 133 Å². The first-order chi connectivity index (χ1) is 10.2. The number of thioether (sulfide) groups is 1.